The van der Waals surface area contributed by atoms with E-state index in [1.165, 1.54) is 12.0 Å². The van der Waals surface area contributed by atoms with Crippen LogP contribution in [0.4, 0.5) is 4.79 Å². The van der Waals surface area contributed by atoms with Crippen molar-refractivity contribution in [2.45, 2.75) is 13.2 Å². The third-order valence-corrected chi connectivity index (χ3v) is 5.35. The normalized spacial score (nSPS) is 14.6. The predicted octanol–water partition coefficient (Wildman–Crippen LogP) is 4.24. The van der Waals surface area contributed by atoms with Crippen LogP contribution in [-0.4, -0.2) is 41.4 Å². The molecular formula is C27H24N2O5. The Morgan fingerprint density at radius 3 is 2.06 bits per heavy atom. The second-order valence-electron chi connectivity index (χ2n) is 7.69. The topological polar surface area (TPSA) is 76.2 Å². The first-order valence-corrected chi connectivity index (χ1v) is 10.8. The molecular weight excluding hydrogens is 432 g/mol. The summed E-state index contributed by atoms with van der Waals surface area (Å²) < 4.78 is 10.5. The van der Waals surface area contributed by atoms with E-state index in [2.05, 4.69) is 4.74 Å². The maximum Gasteiger partial charge on any atom is 0.332 e. The zero-order chi connectivity index (χ0) is 23.9. The Morgan fingerprint density at radius 1 is 0.824 bits per heavy atom. The van der Waals surface area contributed by atoms with E-state index in [9.17, 15) is 14.4 Å². The summed E-state index contributed by atoms with van der Waals surface area (Å²) in [6.07, 6.45) is 1.64. The highest BCUT2D eigenvalue weighted by atomic mass is 16.5. The van der Waals surface area contributed by atoms with Crippen LogP contribution in [0.15, 0.2) is 90.6 Å². The highest BCUT2D eigenvalue weighted by Crippen LogP contribution is 2.26. The number of carbonyl (C=O) groups excluding carboxylic acids is 3. The lowest BCUT2D eigenvalue weighted by Crippen LogP contribution is -2.37. The number of nitrogens with zero attached hydrogens (tertiary/aromatic N) is 2. The zero-order valence-corrected chi connectivity index (χ0v) is 18.7. The molecule has 0 aromatic heterocycles. The van der Waals surface area contributed by atoms with E-state index in [1.807, 2.05) is 84.9 Å². The van der Waals surface area contributed by atoms with Crippen LogP contribution in [-0.2, 0) is 27.5 Å². The van der Waals surface area contributed by atoms with Gasteiger partial charge in [0.1, 0.15) is 24.6 Å². The summed E-state index contributed by atoms with van der Waals surface area (Å²) in [5.41, 5.74) is 2.84. The number of hydrogen-bond donors (Lipinski definition) is 0. The van der Waals surface area contributed by atoms with Gasteiger partial charge in [-0.15, -0.1) is 0 Å². The fourth-order valence-corrected chi connectivity index (χ4v) is 3.54. The van der Waals surface area contributed by atoms with E-state index in [4.69, 9.17) is 4.74 Å². The van der Waals surface area contributed by atoms with Gasteiger partial charge in [-0.25, -0.2) is 9.69 Å². The average molecular weight is 456 g/mol. The highest BCUT2D eigenvalue weighted by Gasteiger charge is 2.42. The second-order valence-corrected chi connectivity index (χ2v) is 7.69. The summed E-state index contributed by atoms with van der Waals surface area (Å²) in [6.45, 7) is 0.206. The number of ether oxygens (including phenoxy) is 2. The standard InChI is InChI=1S/C27H24N2O5/c1-33-25(30)18-29-26(31)24(28(27(29)32)17-21-8-4-2-5-9-21)16-20-12-14-23(15-13-20)34-19-22-10-6-3-7-11-22/h2-16H,17-19H2,1H3/b24-16+. The van der Waals surface area contributed by atoms with Crippen molar-refractivity contribution in [1.82, 2.24) is 9.80 Å². The number of benzene rings is 3. The molecule has 3 aromatic carbocycles. The SMILES string of the molecule is COC(=O)CN1C(=O)/C(=C\c2ccc(OCc3ccccc3)cc2)N(Cc2ccccc2)C1=O. The van der Waals surface area contributed by atoms with Gasteiger partial charge >= 0.3 is 12.0 Å². The number of rotatable bonds is 8. The summed E-state index contributed by atoms with van der Waals surface area (Å²) in [6, 6.07) is 25.9. The molecule has 1 aliphatic rings. The fraction of sp³-hybridized carbons (Fsp3) is 0.148. The molecule has 4 rings (SSSR count). The molecule has 34 heavy (non-hydrogen) atoms. The van der Waals surface area contributed by atoms with Crippen LogP contribution in [0.1, 0.15) is 16.7 Å². The van der Waals surface area contributed by atoms with Crippen LogP contribution < -0.4 is 4.74 Å². The van der Waals surface area contributed by atoms with Gasteiger partial charge in [0.2, 0.25) is 0 Å². The van der Waals surface area contributed by atoms with Crippen molar-refractivity contribution in [1.29, 1.82) is 0 Å². The van der Waals surface area contributed by atoms with E-state index in [0.29, 0.717) is 12.4 Å². The maximum absolute atomic E-state index is 13.1. The van der Waals surface area contributed by atoms with Crippen molar-refractivity contribution in [3.63, 3.8) is 0 Å². The minimum Gasteiger partial charge on any atom is -0.489 e. The third kappa shape index (κ3) is 5.32. The minimum absolute atomic E-state index is 0.190. The van der Waals surface area contributed by atoms with Crippen molar-refractivity contribution in [2.75, 3.05) is 13.7 Å². The molecule has 7 heteroatoms. The number of amides is 3. The molecule has 1 saturated heterocycles. The summed E-state index contributed by atoms with van der Waals surface area (Å²) in [5.74, 6) is -0.522. The van der Waals surface area contributed by atoms with E-state index in [0.717, 1.165) is 21.6 Å². The lowest BCUT2D eigenvalue weighted by atomic mass is 10.1. The first kappa shape index (κ1) is 22.8. The zero-order valence-electron chi connectivity index (χ0n) is 18.7. The van der Waals surface area contributed by atoms with Crippen LogP contribution in [0.25, 0.3) is 6.08 Å². The monoisotopic (exact) mass is 456 g/mol. The molecule has 3 amide bonds. The largest absolute Gasteiger partial charge is 0.489 e. The number of hydrogen-bond acceptors (Lipinski definition) is 5. The molecule has 0 N–H and O–H groups in total. The van der Waals surface area contributed by atoms with Gasteiger partial charge in [-0.05, 0) is 34.9 Å². The van der Waals surface area contributed by atoms with Gasteiger partial charge in [0.25, 0.3) is 5.91 Å². The van der Waals surface area contributed by atoms with Gasteiger partial charge in [-0.2, -0.15) is 0 Å². The Morgan fingerprint density at radius 2 is 1.44 bits per heavy atom. The number of methoxy groups -OCH3 is 1. The average Bonchev–Trinajstić information content (AvgIpc) is 3.08. The Kier molecular flexibility index (Phi) is 7.03. The smallest absolute Gasteiger partial charge is 0.332 e. The van der Waals surface area contributed by atoms with Crippen LogP contribution in [0, 0.1) is 0 Å². The van der Waals surface area contributed by atoms with Gasteiger partial charge in [-0.1, -0.05) is 72.8 Å². The Labute approximate surface area is 197 Å². The van der Waals surface area contributed by atoms with Crippen molar-refractivity contribution >= 4 is 24.0 Å². The minimum atomic E-state index is -0.664. The lowest BCUT2D eigenvalue weighted by molar-refractivity contribution is -0.143. The van der Waals surface area contributed by atoms with Crippen molar-refractivity contribution in [3.05, 3.63) is 107 Å². The number of urea groups is 1. The summed E-state index contributed by atoms with van der Waals surface area (Å²) in [7, 11) is 1.22. The van der Waals surface area contributed by atoms with Crippen LogP contribution in [0.5, 0.6) is 5.75 Å². The molecule has 0 atom stereocenters. The molecule has 0 bridgehead atoms. The van der Waals surface area contributed by atoms with Gasteiger partial charge in [-0.3, -0.25) is 14.5 Å². The van der Waals surface area contributed by atoms with E-state index >= 15 is 0 Å². The maximum atomic E-state index is 13.1. The van der Waals surface area contributed by atoms with E-state index in [-0.39, 0.29) is 12.2 Å². The molecule has 1 aliphatic heterocycles. The molecule has 0 unspecified atom stereocenters. The molecule has 1 heterocycles. The second kappa shape index (κ2) is 10.5. The molecule has 1 fully saturated rings. The van der Waals surface area contributed by atoms with Crippen molar-refractivity contribution < 1.29 is 23.9 Å². The van der Waals surface area contributed by atoms with Crippen LogP contribution in [0.2, 0.25) is 0 Å². The summed E-state index contributed by atoms with van der Waals surface area (Å²) in [4.78, 5) is 40.1. The first-order chi connectivity index (χ1) is 16.5. The van der Waals surface area contributed by atoms with E-state index in [1.54, 1.807) is 6.08 Å². The number of carbonyl (C=O) groups is 3. The van der Waals surface area contributed by atoms with Crippen LogP contribution >= 0.6 is 0 Å². The Balaban J connectivity index is 1.55. The predicted molar refractivity (Wildman–Crippen MR) is 126 cm³/mol. The van der Waals surface area contributed by atoms with Gasteiger partial charge in [0, 0.05) is 0 Å². The molecule has 172 valence electrons. The number of imide groups is 1. The first-order valence-electron chi connectivity index (χ1n) is 10.8. The Hall–Kier alpha value is -4.39. The molecule has 0 aliphatic carbocycles. The number of esters is 1. The van der Waals surface area contributed by atoms with Crippen molar-refractivity contribution in [2.24, 2.45) is 0 Å². The third-order valence-electron chi connectivity index (χ3n) is 5.35. The van der Waals surface area contributed by atoms with E-state index < -0.39 is 24.5 Å². The summed E-state index contributed by atoms with van der Waals surface area (Å²) in [5, 5.41) is 0. The molecule has 0 radical (unpaired) electrons. The van der Waals surface area contributed by atoms with Gasteiger partial charge in [0.05, 0.1) is 13.7 Å². The molecule has 0 spiro atoms. The summed E-state index contributed by atoms with van der Waals surface area (Å²) >= 11 is 0. The lowest BCUT2D eigenvalue weighted by Gasteiger charge is -2.17. The molecule has 3 aromatic rings. The Bertz CT molecular complexity index is 1190. The highest BCUT2D eigenvalue weighted by molar-refractivity contribution is 6.15. The van der Waals surface area contributed by atoms with Gasteiger partial charge in [0.15, 0.2) is 0 Å². The van der Waals surface area contributed by atoms with Crippen LogP contribution in [0.3, 0.4) is 0 Å². The molecule has 0 saturated carbocycles. The quantitative estimate of drug-likeness (QED) is 0.288. The fourth-order valence-electron chi connectivity index (χ4n) is 3.54. The molecule has 7 nitrogen and oxygen atoms in total. The van der Waals surface area contributed by atoms with Gasteiger partial charge < -0.3 is 9.47 Å². The van der Waals surface area contributed by atoms with Crippen molar-refractivity contribution in [3.8, 4) is 5.75 Å².